The van der Waals surface area contributed by atoms with Crippen molar-refractivity contribution in [1.29, 1.82) is 0 Å². The molecule has 0 unspecified atom stereocenters. The van der Waals surface area contributed by atoms with Gasteiger partial charge in [-0.1, -0.05) is 12.1 Å². The molecule has 0 bridgehead atoms. The lowest BCUT2D eigenvalue weighted by Crippen LogP contribution is -2.30. The van der Waals surface area contributed by atoms with Crippen molar-refractivity contribution in [2.45, 2.75) is 31.2 Å². The van der Waals surface area contributed by atoms with E-state index in [1.807, 2.05) is 11.4 Å². The molecule has 3 nitrogen and oxygen atoms in total. The Morgan fingerprint density at radius 1 is 1.28 bits per heavy atom. The fourth-order valence-electron chi connectivity index (χ4n) is 2.33. The summed E-state index contributed by atoms with van der Waals surface area (Å²) in [5.74, 6) is -1.94. The number of nitrogens with one attached hydrogen (secondary N) is 1. The maximum atomic E-state index is 12.2. The molecule has 1 aromatic rings. The zero-order valence-electron chi connectivity index (χ0n) is 9.25. The van der Waals surface area contributed by atoms with Crippen molar-refractivity contribution in [3.05, 3.63) is 29.3 Å². The number of anilines is 1. The van der Waals surface area contributed by atoms with E-state index in [-0.39, 0.29) is 17.9 Å². The molecule has 1 aliphatic heterocycles. The van der Waals surface area contributed by atoms with E-state index in [2.05, 4.69) is 0 Å². The van der Waals surface area contributed by atoms with Crippen LogP contribution in [0, 0.1) is 0 Å². The standard InChI is InChI=1S/C12H10F3NO2/c13-12(14,15)11(17)16-8-3-1-2-6-4-9-10(18-9)5-7(6)8/h1-3,9-10H,4-5H2,(H,16,17)/t9-,10+/m0/s1. The van der Waals surface area contributed by atoms with Crippen LogP contribution in [0.3, 0.4) is 0 Å². The molecule has 1 aliphatic carbocycles. The van der Waals surface area contributed by atoms with Crippen LogP contribution in [0.2, 0.25) is 0 Å². The van der Waals surface area contributed by atoms with Crippen molar-refractivity contribution >= 4 is 11.6 Å². The second-order valence-corrected chi connectivity index (χ2v) is 4.52. The molecule has 1 amide bonds. The summed E-state index contributed by atoms with van der Waals surface area (Å²) in [7, 11) is 0. The Balaban J connectivity index is 1.87. The zero-order chi connectivity index (χ0) is 12.9. The first-order valence-electron chi connectivity index (χ1n) is 5.59. The largest absolute Gasteiger partial charge is 0.471 e. The maximum Gasteiger partial charge on any atom is 0.471 e. The number of amides is 1. The van der Waals surface area contributed by atoms with Gasteiger partial charge in [0.05, 0.1) is 12.2 Å². The Morgan fingerprint density at radius 3 is 2.72 bits per heavy atom. The van der Waals surface area contributed by atoms with Crippen molar-refractivity contribution < 1.29 is 22.7 Å². The van der Waals surface area contributed by atoms with Gasteiger partial charge in [-0.25, -0.2) is 0 Å². The lowest BCUT2D eigenvalue weighted by atomic mass is 9.90. The number of benzene rings is 1. The normalized spacial score (nSPS) is 25.1. The molecule has 0 saturated carbocycles. The van der Waals surface area contributed by atoms with E-state index >= 15 is 0 Å². The summed E-state index contributed by atoms with van der Waals surface area (Å²) >= 11 is 0. The van der Waals surface area contributed by atoms with Gasteiger partial charge in [0.2, 0.25) is 0 Å². The molecular formula is C12H10F3NO2. The van der Waals surface area contributed by atoms with Gasteiger partial charge in [-0.2, -0.15) is 13.2 Å². The van der Waals surface area contributed by atoms with Crippen LogP contribution in [-0.2, 0) is 22.4 Å². The third-order valence-corrected chi connectivity index (χ3v) is 3.29. The molecule has 2 aliphatic rings. The summed E-state index contributed by atoms with van der Waals surface area (Å²) in [6.45, 7) is 0. The van der Waals surface area contributed by atoms with Gasteiger partial charge in [0.15, 0.2) is 0 Å². The van der Waals surface area contributed by atoms with Gasteiger partial charge in [-0.15, -0.1) is 0 Å². The van der Waals surface area contributed by atoms with E-state index in [9.17, 15) is 18.0 Å². The van der Waals surface area contributed by atoms with Gasteiger partial charge in [-0.3, -0.25) is 4.79 Å². The van der Waals surface area contributed by atoms with Crippen molar-refractivity contribution in [2.75, 3.05) is 5.32 Å². The molecule has 18 heavy (non-hydrogen) atoms. The lowest BCUT2D eigenvalue weighted by Gasteiger charge is -2.17. The Kier molecular flexibility index (Phi) is 2.38. The molecule has 1 heterocycles. The predicted octanol–water partition coefficient (Wildman–Crippen LogP) is 2.05. The van der Waals surface area contributed by atoms with Crippen molar-refractivity contribution in [3.8, 4) is 0 Å². The first kappa shape index (κ1) is 11.5. The smallest absolute Gasteiger partial charge is 0.369 e. The molecule has 1 saturated heterocycles. The quantitative estimate of drug-likeness (QED) is 0.782. The maximum absolute atomic E-state index is 12.2. The second-order valence-electron chi connectivity index (χ2n) is 4.52. The number of carbonyl (C=O) groups is 1. The van der Waals surface area contributed by atoms with Crippen molar-refractivity contribution in [2.24, 2.45) is 0 Å². The Morgan fingerprint density at radius 2 is 2.00 bits per heavy atom. The highest BCUT2D eigenvalue weighted by molar-refractivity contribution is 5.95. The summed E-state index contributed by atoms with van der Waals surface area (Å²) in [5, 5.41) is 1.93. The highest BCUT2D eigenvalue weighted by Crippen LogP contribution is 2.39. The van der Waals surface area contributed by atoms with Gasteiger partial charge >= 0.3 is 12.1 Å². The average molecular weight is 257 g/mol. The average Bonchev–Trinajstić information content (AvgIpc) is 3.03. The topological polar surface area (TPSA) is 41.6 Å². The molecular weight excluding hydrogens is 247 g/mol. The molecule has 1 N–H and O–H groups in total. The van der Waals surface area contributed by atoms with Gasteiger partial charge in [0, 0.05) is 18.5 Å². The number of carbonyl (C=O) groups excluding carboxylic acids is 1. The lowest BCUT2D eigenvalue weighted by molar-refractivity contribution is -0.167. The number of hydrogen-bond acceptors (Lipinski definition) is 2. The Bertz CT molecular complexity index is 513. The molecule has 2 atom stereocenters. The minimum Gasteiger partial charge on any atom is -0.369 e. The van der Waals surface area contributed by atoms with Crippen LogP contribution in [0.1, 0.15) is 11.1 Å². The predicted molar refractivity (Wildman–Crippen MR) is 57.2 cm³/mol. The number of alkyl halides is 3. The van der Waals surface area contributed by atoms with Crippen molar-refractivity contribution in [3.63, 3.8) is 0 Å². The zero-order valence-corrected chi connectivity index (χ0v) is 9.25. The third kappa shape index (κ3) is 1.96. The Hall–Kier alpha value is -1.56. The van der Waals surface area contributed by atoms with Crippen LogP contribution in [-0.4, -0.2) is 24.3 Å². The summed E-state index contributed by atoms with van der Waals surface area (Å²) in [5.41, 5.74) is 1.95. The van der Waals surface area contributed by atoms with Crippen LogP contribution in [0.4, 0.5) is 18.9 Å². The molecule has 96 valence electrons. The molecule has 1 aromatic carbocycles. The second kappa shape index (κ2) is 3.71. The monoisotopic (exact) mass is 257 g/mol. The highest BCUT2D eigenvalue weighted by atomic mass is 19.4. The number of rotatable bonds is 1. The molecule has 0 aromatic heterocycles. The van der Waals surface area contributed by atoms with Gasteiger partial charge in [0.1, 0.15) is 0 Å². The Labute approximate surface area is 101 Å². The van der Waals surface area contributed by atoms with Gasteiger partial charge < -0.3 is 10.1 Å². The van der Waals surface area contributed by atoms with Crippen LogP contribution >= 0.6 is 0 Å². The number of hydrogen-bond donors (Lipinski definition) is 1. The molecule has 3 rings (SSSR count). The fraction of sp³-hybridized carbons (Fsp3) is 0.417. The van der Waals surface area contributed by atoms with E-state index < -0.39 is 12.1 Å². The molecule has 0 radical (unpaired) electrons. The summed E-state index contributed by atoms with van der Waals surface area (Å²) < 4.78 is 42.0. The van der Waals surface area contributed by atoms with Crippen molar-refractivity contribution in [1.82, 2.24) is 0 Å². The number of ether oxygens (including phenoxy) is 1. The van der Waals surface area contributed by atoms with Gasteiger partial charge in [0.25, 0.3) is 0 Å². The van der Waals surface area contributed by atoms with E-state index in [0.29, 0.717) is 12.8 Å². The summed E-state index contributed by atoms with van der Waals surface area (Å²) in [6, 6.07) is 5.00. The summed E-state index contributed by atoms with van der Waals surface area (Å²) in [4.78, 5) is 10.9. The van der Waals surface area contributed by atoms with Crippen LogP contribution in [0.15, 0.2) is 18.2 Å². The number of halogens is 3. The van der Waals surface area contributed by atoms with Gasteiger partial charge in [-0.05, 0) is 17.2 Å². The van der Waals surface area contributed by atoms with E-state index in [0.717, 1.165) is 11.1 Å². The van der Waals surface area contributed by atoms with E-state index in [1.54, 1.807) is 6.07 Å². The molecule has 1 fully saturated rings. The number of epoxide rings is 1. The van der Waals surface area contributed by atoms with E-state index in [4.69, 9.17) is 4.74 Å². The number of fused-ring (bicyclic) bond motifs is 2. The molecule has 0 spiro atoms. The first-order chi connectivity index (χ1) is 8.45. The van der Waals surface area contributed by atoms with Crippen LogP contribution < -0.4 is 5.32 Å². The van der Waals surface area contributed by atoms with Crippen LogP contribution in [0.25, 0.3) is 0 Å². The first-order valence-corrected chi connectivity index (χ1v) is 5.59. The summed E-state index contributed by atoms with van der Waals surface area (Å²) in [6.07, 6.45) is -3.30. The minimum atomic E-state index is -4.87. The third-order valence-electron chi connectivity index (χ3n) is 3.29. The molecule has 6 heteroatoms. The highest BCUT2D eigenvalue weighted by Gasteiger charge is 2.44. The van der Waals surface area contributed by atoms with Crippen LogP contribution in [0.5, 0.6) is 0 Å². The minimum absolute atomic E-state index is 0.0986. The van der Waals surface area contributed by atoms with E-state index in [1.165, 1.54) is 6.07 Å². The SMILES string of the molecule is O=C(Nc1cccc2c1C[C@H]1O[C@H]1C2)C(F)(F)F. The fourth-order valence-corrected chi connectivity index (χ4v) is 2.33.